The van der Waals surface area contributed by atoms with Crippen LogP contribution in [0.25, 0.3) is 0 Å². The van der Waals surface area contributed by atoms with Gasteiger partial charge in [0.1, 0.15) is 5.82 Å². The van der Waals surface area contributed by atoms with Crippen molar-refractivity contribution in [3.63, 3.8) is 0 Å². The molecule has 1 N–H and O–H groups in total. The van der Waals surface area contributed by atoms with Crippen molar-refractivity contribution in [3.05, 3.63) is 54.3 Å². The van der Waals surface area contributed by atoms with Gasteiger partial charge in [-0.3, -0.25) is 0 Å². The number of piperidine rings is 1. The van der Waals surface area contributed by atoms with E-state index in [-0.39, 0.29) is 11.7 Å². The summed E-state index contributed by atoms with van der Waals surface area (Å²) in [6.45, 7) is 5.08. The highest BCUT2D eigenvalue weighted by atomic mass is 19.1. The van der Waals surface area contributed by atoms with E-state index in [0.717, 1.165) is 26.2 Å². The Morgan fingerprint density at radius 2 is 1.32 bits per heavy atom. The molecule has 2 aliphatic heterocycles. The zero-order valence-electron chi connectivity index (χ0n) is 16.1. The van der Waals surface area contributed by atoms with Crippen molar-refractivity contribution in [1.29, 1.82) is 0 Å². The average molecular weight is 382 g/mol. The van der Waals surface area contributed by atoms with E-state index in [1.807, 2.05) is 0 Å². The number of nitrogens with zero attached hydrogens (tertiary/aromatic N) is 3. The summed E-state index contributed by atoms with van der Waals surface area (Å²) in [5, 5.41) is 2.67. The lowest BCUT2D eigenvalue weighted by Crippen LogP contribution is -2.50. The molecule has 0 aromatic heterocycles. The molecule has 0 radical (unpaired) electrons. The molecule has 5 nitrogen and oxygen atoms in total. The van der Waals surface area contributed by atoms with Gasteiger partial charge in [-0.25, -0.2) is 9.18 Å². The van der Waals surface area contributed by atoms with E-state index in [2.05, 4.69) is 39.4 Å². The van der Waals surface area contributed by atoms with Crippen LogP contribution in [0.4, 0.5) is 26.2 Å². The molecule has 2 aliphatic rings. The zero-order chi connectivity index (χ0) is 19.3. The average Bonchev–Trinajstić information content (AvgIpc) is 2.76. The number of piperazine rings is 1. The number of rotatable bonds is 3. The van der Waals surface area contributed by atoms with E-state index < -0.39 is 5.82 Å². The number of urea groups is 1. The molecule has 0 unspecified atom stereocenters. The molecule has 4 rings (SSSR count). The minimum absolute atomic E-state index is 0.225. The summed E-state index contributed by atoms with van der Waals surface area (Å²) in [6, 6.07) is 14.8. The Labute approximate surface area is 165 Å². The van der Waals surface area contributed by atoms with Crippen LogP contribution in [0.15, 0.2) is 48.5 Å². The van der Waals surface area contributed by atoms with E-state index in [4.69, 9.17) is 0 Å². The number of carbonyl (C=O) groups is 1. The second-order valence-corrected chi connectivity index (χ2v) is 7.45. The number of nitrogens with one attached hydrogen (secondary N) is 1. The molecule has 2 fully saturated rings. The first-order valence-electron chi connectivity index (χ1n) is 10.1. The van der Waals surface area contributed by atoms with Gasteiger partial charge >= 0.3 is 6.03 Å². The Morgan fingerprint density at radius 3 is 1.93 bits per heavy atom. The van der Waals surface area contributed by atoms with Gasteiger partial charge in [0.2, 0.25) is 0 Å². The topological polar surface area (TPSA) is 38.8 Å². The van der Waals surface area contributed by atoms with Crippen molar-refractivity contribution >= 4 is 23.1 Å². The Hall–Kier alpha value is -2.76. The minimum Gasteiger partial charge on any atom is -0.372 e. The van der Waals surface area contributed by atoms with Gasteiger partial charge < -0.3 is 20.0 Å². The Bertz CT molecular complexity index is 796. The Morgan fingerprint density at radius 1 is 0.750 bits per heavy atom. The van der Waals surface area contributed by atoms with Crippen LogP contribution in [-0.2, 0) is 0 Å². The molecule has 0 aliphatic carbocycles. The molecule has 0 bridgehead atoms. The van der Waals surface area contributed by atoms with Crippen LogP contribution < -0.4 is 15.1 Å². The quantitative estimate of drug-likeness (QED) is 0.866. The largest absolute Gasteiger partial charge is 0.372 e. The highest BCUT2D eigenvalue weighted by Crippen LogP contribution is 2.24. The van der Waals surface area contributed by atoms with Crippen LogP contribution in [-0.4, -0.2) is 50.2 Å². The summed E-state index contributed by atoms with van der Waals surface area (Å²) >= 11 is 0. The third-order valence-electron chi connectivity index (χ3n) is 5.62. The highest BCUT2D eigenvalue weighted by molar-refractivity contribution is 5.89. The van der Waals surface area contributed by atoms with E-state index in [9.17, 15) is 9.18 Å². The lowest BCUT2D eigenvalue weighted by atomic mass is 10.1. The summed E-state index contributed by atoms with van der Waals surface area (Å²) in [5.74, 6) is -0.414. The van der Waals surface area contributed by atoms with Crippen LogP contribution in [0.2, 0.25) is 0 Å². The molecule has 2 heterocycles. The minimum atomic E-state index is -0.414. The predicted octanol–water partition coefficient (Wildman–Crippen LogP) is 4.17. The lowest BCUT2D eigenvalue weighted by molar-refractivity contribution is 0.208. The summed E-state index contributed by atoms with van der Waals surface area (Å²) in [7, 11) is 0. The van der Waals surface area contributed by atoms with Crippen LogP contribution in [0.3, 0.4) is 0 Å². The first kappa shape index (κ1) is 18.6. The van der Waals surface area contributed by atoms with E-state index in [1.165, 1.54) is 36.7 Å². The maximum absolute atomic E-state index is 13.7. The molecule has 2 amide bonds. The number of halogens is 1. The van der Waals surface area contributed by atoms with Crippen LogP contribution in [0.5, 0.6) is 0 Å². The molecule has 2 aromatic carbocycles. The SMILES string of the molecule is O=C(Nc1ccccc1F)N1CCN(c2ccc(N3CCCCC3)cc2)CC1. The van der Waals surface area contributed by atoms with Crippen LogP contribution in [0.1, 0.15) is 19.3 Å². The van der Waals surface area contributed by atoms with Gasteiger partial charge in [0.15, 0.2) is 0 Å². The maximum Gasteiger partial charge on any atom is 0.322 e. The fourth-order valence-electron chi connectivity index (χ4n) is 3.95. The molecule has 0 atom stereocenters. The van der Waals surface area contributed by atoms with Crippen molar-refractivity contribution < 1.29 is 9.18 Å². The molecular formula is C22H27FN4O. The summed E-state index contributed by atoms with van der Waals surface area (Å²) in [4.78, 5) is 18.9. The second-order valence-electron chi connectivity index (χ2n) is 7.45. The zero-order valence-corrected chi connectivity index (χ0v) is 16.1. The molecule has 148 valence electrons. The van der Waals surface area contributed by atoms with Gasteiger partial charge in [-0.05, 0) is 55.7 Å². The van der Waals surface area contributed by atoms with Gasteiger partial charge in [0.05, 0.1) is 5.69 Å². The van der Waals surface area contributed by atoms with Gasteiger partial charge in [-0.15, -0.1) is 0 Å². The van der Waals surface area contributed by atoms with Crippen LogP contribution in [0, 0.1) is 5.82 Å². The first-order valence-corrected chi connectivity index (χ1v) is 10.1. The molecule has 2 saturated heterocycles. The number of hydrogen-bond acceptors (Lipinski definition) is 3. The molecule has 0 spiro atoms. The predicted molar refractivity (Wildman–Crippen MR) is 112 cm³/mol. The van der Waals surface area contributed by atoms with Crippen LogP contribution >= 0.6 is 0 Å². The van der Waals surface area contributed by atoms with Gasteiger partial charge in [0, 0.05) is 50.6 Å². The maximum atomic E-state index is 13.7. The molecular weight excluding hydrogens is 355 g/mol. The monoisotopic (exact) mass is 382 g/mol. The summed E-state index contributed by atoms with van der Waals surface area (Å²) < 4.78 is 13.7. The molecule has 6 heteroatoms. The van der Waals surface area contributed by atoms with Gasteiger partial charge in [-0.2, -0.15) is 0 Å². The summed E-state index contributed by atoms with van der Waals surface area (Å²) in [6.07, 6.45) is 3.89. The number of hydrogen-bond donors (Lipinski definition) is 1. The van der Waals surface area contributed by atoms with E-state index in [1.54, 1.807) is 23.1 Å². The Balaban J connectivity index is 1.31. The number of para-hydroxylation sites is 1. The lowest BCUT2D eigenvalue weighted by Gasteiger charge is -2.36. The molecule has 2 aromatic rings. The fourth-order valence-corrected chi connectivity index (χ4v) is 3.95. The normalized spacial score (nSPS) is 17.5. The van der Waals surface area contributed by atoms with Gasteiger partial charge in [0.25, 0.3) is 0 Å². The fraction of sp³-hybridized carbons (Fsp3) is 0.409. The van der Waals surface area contributed by atoms with Crippen molar-refractivity contribution in [2.75, 3.05) is 54.4 Å². The van der Waals surface area contributed by atoms with Crippen molar-refractivity contribution in [2.45, 2.75) is 19.3 Å². The number of carbonyl (C=O) groups excluding carboxylic acids is 1. The van der Waals surface area contributed by atoms with E-state index >= 15 is 0 Å². The molecule has 0 saturated carbocycles. The third-order valence-corrected chi connectivity index (χ3v) is 5.62. The van der Waals surface area contributed by atoms with E-state index in [0.29, 0.717) is 13.1 Å². The highest BCUT2D eigenvalue weighted by Gasteiger charge is 2.22. The van der Waals surface area contributed by atoms with Crippen molar-refractivity contribution in [2.24, 2.45) is 0 Å². The van der Waals surface area contributed by atoms with Crippen molar-refractivity contribution in [1.82, 2.24) is 4.90 Å². The van der Waals surface area contributed by atoms with Gasteiger partial charge in [-0.1, -0.05) is 12.1 Å². The summed E-state index contributed by atoms with van der Waals surface area (Å²) in [5.41, 5.74) is 2.71. The number of amides is 2. The van der Waals surface area contributed by atoms with Crippen molar-refractivity contribution in [3.8, 4) is 0 Å². The first-order chi connectivity index (χ1) is 13.7. The second kappa shape index (κ2) is 8.50. The smallest absolute Gasteiger partial charge is 0.322 e. The number of benzene rings is 2. The molecule has 28 heavy (non-hydrogen) atoms. The third kappa shape index (κ3) is 4.21. The standard InChI is InChI=1S/C22H27FN4O/c23-20-6-2-3-7-21(20)24-22(28)27-16-14-26(15-17-27)19-10-8-18(9-11-19)25-12-4-1-5-13-25/h2-3,6-11H,1,4-5,12-17H2,(H,24,28). The Kier molecular flexibility index (Phi) is 5.65. The number of anilines is 3.